The van der Waals surface area contributed by atoms with Crippen LogP contribution in [0.1, 0.15) is 40.9 Å². The second kappa shape index (κ2) is 8.59. The third-order valence-electron chi connectivity index (χ3n) is 6.12. The first-order chi connectivity index (χ1) is 15.6. The van der Waals surface area contributed by atoms with E-state index in [-0.39, 0.29) is 24.0 Å². The van der Waals surface area contributed by atoms with Crippen molar-refractivity contribution in [1.29, 1.82) is 0 Å². The topological polar surface area (TPSA) is 83.6 Å². The van der Waals surface area contributed by atoms with Crippen LogP contribution in [0.3, 0.4) is 0 Å². The maximum atomic E-state index is 12.5. The molecule has 7 heteroatoms. The molecule has 0 radical (unpaired) electrons. The van der Waals surface area contributed by atoms with Gasteiger partial charge in [0.2, 0.25) is 0 Å². The lowest BCUT2D eigenvalue weighted by Crippen LogP contribution is -2.46. The highest BCUT2D eigenvalue weighted by Crippen LogP contribution is 2.34. The molecular formula is C25H26N4O3. The van der Waals surface area contributed by atoms with Gasteiger partial charge in [0.05, 0.1) is 0 Å². The average Bonchev–Trinajstić information content (AvgIpc) is 3.39. The van der Waals surface area contributed by atoms with Crippen LogP contribution in [-0.2, 0) is 9.53 Å². The molecule has 5 rings (SSSR count). The fraction of sp³-hybridized carbons (Fsp3) is 0.320. The van der Waals surface area contributed by atoms with Crippen molar-refractivity contribution in [3.63, 3.8) is 0 Å². The first kappa shape index (κ1) is 20.5. The van der Waals surface area contributed by atoms with E-state index in [0.717, 1.165) is 42.7 Å². The van der Waals surface area contributed by atoms with Gasteiger partial charge in [0, 0.05) is 47.6 Å². The Hall–Kier alpha value is -3.45. The third kappa shape index (κ3) is 4.16. The summed E-state index contributed by atoms with van der Waals surface area (Å²) in [4.78, 5) is 31.5. The number of nitrogens with zero attached hydrogens (tertiary/aromatic N) is 2. The van der Waals surface area contributed by atoms with E-state index in [0.29, 0.717) is 23.4 Å². The van der Waals surface area contributed by atoms with E-state index in [9.17, 15) is 9.59 Å². The highest BCUT2D eigenvalue weighted by Gasteiger charge is 2.27. The highest BCUT2D eigenvalue weighted by molar-refractivity contribution is 6.31. The molecule has 0 saturated carbocycles. The summed E-state index contributed by atoms with van der Waals surface area (Å²) in [6.07, 6.45) is 8.07. The average molecular weight is 431 g/mol. The molecule has 2 atom stereocenters. The molecule has 0 bridgehead atoms. The minimum Gasteiger partial charge on any atom is -0.486 e. The number of anilines is 1. The van der Waals surface area contributed by atoms with Gasteiger partial charge >= 0.3 is 0 Å². The Morgan fingerprint density at radius 1 is 1.28 bits per heavy atom. The second-order valence-corrected chi connectivity index (χ2v) is 8.55. The lowest BCUT2D eigenvalue weighted by molar-refractivity contribution is -0.110. The number of amides is 2. The van der Waals surface area contributed by atoms with E-state index in [4.69, 9.17) is 4.74 Å². The Balaban J connectivity index is 1.22. The van der Waals surface area contributed by atoms with Crippen LogP contribution in [0.5, 0.6) is 0 Å². The summed E-state index contributed by atoms with van der Waals surface area (Å²) in [5.41, 5.74) is 3.58. The van der Waals surface area contributed by atoms with E-state index in [1.54, 1.807) is 12.3 Å². The third-order valence-corrected chi connectivity index (χ3v) is 6.12. The lowest BCUT2D eigenvalue weighted by atomic mass is 10.0. The van der Waals surface area contributed by atoms with E-state index in [1.165, 1.54) is 0 Å². The normalized spacial score (nSPS) is 24.0. The molecule has 1 aromatic heterocycles. The number of hydrogen-bond acceptors (Lipinski definition) is 5. The first-order valence-electron chi connectivity index (χ1n) is 11.0. The minimum atomic E-state index is -0.219. The van der Waals surface area contributed by atoms with Gasteiger partial charge in [-0.3, -0.25) is 14.6 Å². The summed E-state index contributed by atoms with van der Waals surface area (Å²) in [7, 11) is 2.07. The van der Waals surface area contributed by atoms with Gasteiger partial charge in [-0.1, -0.05) is 18.2 Å². The van der Waals surface area contributed by atoms with E-state index >= 15 is 0 Å². The number of likely N-dealkylation sites (tertiary alicyclic amines) is 1. The van der Waals surface area contributed by atoms with Gasteiger partial charge in [0.1, 0.15) is 17.6 Å². The van der Waals surface area contributed by atoms with Gasteiger partial charge in [-0.25, -0.2) is 0 Å². The van der Waals surface area contributed by atoms with Gasteiger partial charge in [0.25, 0.3) is 11.8 Å². The number of rotatable bonds is 4. The summed E-state index contributed by atoms with van der Waals surface area (Å²) in [5.74, 6) is 0.461. The van der Waals surface area contributed by atoms with Crippen molar-refractivity contribution in [3.8, 4) is 0 Å². The molecule has 3 aliphatic heterocycles. The number of nitrogens with one attached hydrogen (secondary N) is 2. The Morgan fingerprint density at radius 2 is 2.16 bits per heavy atom. The molecule has 7 nitrogen and oxygen atoms in total. The fourth-order valence-corrected chi connectivity index (χ4v) is 4.48. The maximum absolute atomic E-state index is 12.5. The van der Waals surface area contributed by atoms with E-state index in [1.807, 2.05) is 42.5 Å². The molecule has 2 N–H and O–H groups in total. The molecule has 32 heavy (non-hydrogen) atoms. The van der Waals surface area contributed by atoms with Crippen molar-refractivity contribution in [2.75, 3.05) is 25.5 Å². The van der Waals surface area contributed by atoms with Crippen LogP contribution < -0.4 is 10.6 Å². The smallest absolute Gasteiger partial charge is 0.270 e. The number of fused-ring (bicyclic) bond motifs is 1. The molecule has 2 amide bonds. The summed E-state index contributed by atoms with van der Waals surface area (Å²) in [6.45, 7) is 1.94. The van der Waals surface area contributed by atoms with Gasteiger partial charge < -0.3 is 20.3 Å². The standard InChI is InChI=1S/C25H26N4O3/c1-29-12-4-5-17(15-29)27-25(31)22-10-8-16(14-26-22)23-11-9-18(32-23)13-20-19-6-2-3-7-21(19)28-24(20)30/h2-3,6-8,10-11,13-14,17-18H,4-5,9,12,15H2,1H3,(H,27,31)(H,28,30)/b20-13+. The van der Waals surface area contributed by atoms with Crippen LogP contribution in [-0.4, -0.2) is 54.0 Å². The molecule has 1 saturated heterocycles. The number of aromatic nitrogens is 1. The molecule has 3 aliphatic rings. The number of pyridine rings is 1. The molecule has 4 heterocycles. The quantitative estimate of drug-likeness (QED) is 0.729. The van der Waals surface area contributed by atoms with Gasteiger partial charge in [-0.15, -0.1) is 0 Å². The van der Waals surface area contributed by atoms with Gasteiger partial charge in [-0.05, 0) is 56.8 Å². The maximum Gasteiger partial charge on any atom is 0.270 e. The van der Waals surface area contributed by atoms with Crippen molar-refractivity contribution in [2.45, 2.75) is 31.4 Å². The number of para-hydroxylation sites is 1. The van der Waals surface area contributed by atoms with Crippen LogP contribution >= 0.6 is 0 Å². The number of piperidine rings is 1. The summed E-state index contributed by atoms with van der Waals surface area (Å²) >= 11 is 0. The van der Waals surface area contributed by atoms with Crippen LogP contribution in [0.25, 0.3) is 11.3 Å². The molecule has 2 unspecified atom stereocenters. The van der Waals surface area contributed by atoms with Gasteiger partial charge in [0.15, 0.2) is 0 Å². The zero-order chi connectivity index (χ0) is 22.1. The Bertz CT molecular complexity index is 1110. The Kier molecular flexibility index (Phi) is 5.49. The molecule has 0 spiro atoms. The van der Waals surface area contributed by atoms with E-state index in [2.05, 4.69) is 27.6 Å². The Morgan fingerprint density at radius 3 is 2.97 bits per heavy atom. The molecule has 1 fully saturated rings. The number of ether oxygens (including phenoxy) is 1. The minimum absolute atomic E-state index is 0.107. The summed E-state index contributed by atoms with van der Waals surface area (Å²) < 4.78 is 6.07. The molecule has 1 aromatic carbocycles. The predicted molar refractivity (Wildman–Crippen MR) is 123 cm³/mol. The summed E-state index contributed by atoms with van der Waals surface area (Å²) in [6, 6.07) is 11.4. The Labute approximate surface area is 187 Å². The molecule has 0 aliphatic carbocycles. The van der Waals surface area contributed by atoms with Crippen LogP contribution in [0.2, 0.25) is 0 Å². The zero-order valence-corrected chi connectivity index (χ0v) is 18.0. The number of likely N-dealkylation sites (N-methyl/N-ethyl adjacent to an activating group) is 1. The van der Waals surface area contributed by atoms with Gasteiger partial charge in [-0.2, -0.15) is 0 Å². The van der Waals surface area contributed by atoms with Crippen molar-refractivity contribution < 1.29 is 14.3 Å². The van der Waals surface area contributed by atoms with Crippen LogP contribution in [0.15, 0.2) is 54.7 Å². The molecular weight excluding hydrogens is 404 g/mol. The zero-order valence-electron chi connectivity index (χ0n) is 18.0. The summed E-state index contributed by atoms with van der Waals surface area (Å²) in [5, 5.41) is 5.96. The molecule has 2 aromatic rings. The van der Waals surface area contributed by atoms with Crippen molar-refractivity contribution in [3.05, 3.63) is 71.6 Å². The van der Waals surface area contributed by atoms with Crippen LogP contribution in [0.4, 0.5) is 5.69 Å². The van der Waals surface area contributed by atoms with Crippen molar-refractivity contribution in [1.82, 2.24) is 15.2 Å². The number of carbonyl (C=O) groups is 2. The molecule has 164 valence electrons. The predicted octanol–water partition coefficient (Wildman–Crippen LogP) is 3.07. The van der Waals surface area contributed by atoms with E-state index < -0.39 is 0 Å². The number of carbonyl (C=O) groups excluding carboxylic acids is 2. The SMILES string of the molecule is CN1CCCC(NC(=O)c2ccc(C3=CCC(/C=C4/C(=O)Nc5ccccc54)O3)cn2)C1. The number of benzene rings is 1. The van der Waals surface area contributed by atoms with Crippen molar-refractivity contribution >= 4 is 28.8 Å². The highest BCUT2D eigenvalue weighted by atomic mass is 16.5. The second-order valence-electron chi connectivity index (χ2n) is 8.55. The fourth-order valence-electron chi connectivity index (χ4n) is 4.48. The largest absolute Gasteiger partial charge is 0.486 e. The number of hydrogen-bond donors (Lipinski definition) is 2. The lowest BCUT2D eigenvalue weighted by Gasteiger charge is -2.30. The monoisotopic (exact) mass is 430 g/mol. The van der Waals surface area contributed by atoms with Crippen molar-refractivity contribution in [2.24, 2.45) is 0 Å². The first-order valence-corrected chi connectivity index (χ1v) is 11.0. The van der Waals surface area contributed by atoms with Crippen LogP contribution in [0, 0.1) is 0 Å².